The van der Waals surface area contributed by atoms with Crippen molar-refractivity contribution in [1.82, 2.24) is 19.9 Å². The molecule has 13 heteroatoms. The zero-order valence-electron chi connectivity index (χ0n) is 22.1. The lowest BCUT2D eigenvalue weighted by Crippen LogP contribution is -2.38. The highest BCUT2D eigenvalue weighted by Crippen LogP contribution is 2.43. The Morgan fingerprint density at radius 2 is 1.92 bits per heavy atom. The summed E-state index contributed by atoms with van der Waals surface area (Å²) in [4.78, 5) is 17.9. The van der Waals surface area contributed by atoms with Crippen LogP contribution in [0.1, 0.15) is 69.0 Å². The van der Waals surface area contributed by atoms with E-state index in [1.807, 2.05) is 49.6 Å². The molecule has 9 nitrogen and oxygen atoms in total. The number of sulfone groups is 1. The number of carbonyl (C=O) groups excluding carboxylic acids is 1. The van der Waals surface area contributed by atoms with Crippen LogP contribution >= 0.6 is 39.8 Å². The van der Waals surface area contributed by atoms with E-state index >= 15 is 0 Å². The van der Waals surface area contributed by atoms with Gasteiger partial charge in [-0.05, 0) is 93.5 Å². The number of amides is 1. The predicted molar refractivity (Wildman–Crippen MR) is 165 cm³/mol. The Morgan fingerprint density at radius 3 is 2.56 bits per heavy atom. The molecule has 2 heterocycles. The van der Waals surface area contributed by atoms with Gasteiger partial charge in [-0.25, -0.2) is 22.6 Å². The second-order valence-electron chi connectivity index (χ2n) is 10.5. The van der Waals surface area contributed by atoms with E-state index in [4.69, 9.17) is 9.72 Å². The normalized spacial score (nSPS) is 20.0. The van der Waals surface area contributed by atoms with E-state index in [0.717, 1.165) is 41.3 Å². The van der Waals surface area contributed by atoms with Gasteiger partial charge in [0.15, 0.2) is 15.7 Å². The third-order valence-electron chi connectivity index (χ3n) is 7.02. The topological polar surface area (TPSA) is 115 Å². The molecule has 0 spiro atoms. The number of nitrogens with zero attached hydrogens (tertiary/aromatic N) is 3. The summed E-state index contributed by atoms with van der Waals surface area (Å²) in [7, 11) is -3.45. The lowest BCUT2D eigenvalue weighted by Gasteiger charge is -2.28. The van der Waals surface area contributed by atoms with Crippen molar-refractivity contribution in [1.29, 1.82) is 0 Å². The first kappa shape index (κ1) is 28.8. The average molecular weight is 702 g/mol. The van der Waals surface area contributed by atoms with E-state index in [1.165, 1.54) is 0 Å². The van der Waals surface area contributed by atoms with E-state index in [1.54, 1.807) is 17.4 Å². The van der Waals surface area contributed by atoms with E-state index in [0.29, 0.717) is 47.1 Å². The summed E-state index contributed by atoms with van der Waals surface area (Å²) in [5.41, 5.74) is 2.45. The Kier molecular flexibility index (Phi) is 8.85. The summed E-state index contributed by atoms with van der Waals surface area (Å²) in [6, 6.07) is 7.61. The highest BCUT2D eigenvalue weighted by atomic mass is 127. The number of ether oxygens (including phenoxy) is 1. The molecule has 210 valence electrons. The zero-order chi connectivity index (χ0) is 27.7. The third-order valence-corrected chi connectivity index (χ3v) is 12.5. The van der Waals surface area contributed by atoms with Crippen molar-refractivity contribution in [3.63, 3.8) is 0 Å². The number of hydrogen-bond donors (Lipinski definition) is 2. The number of anilines is 2. The van der Waals surface area contributed by atoms with Crippen molar-refractivity contribution in [2.24, 2.45) is 0 Å². The van der Waals surface area contributed by atoms with Gasteiger partial charge in [-0.2, -0.15) is 5.10 Å². The molecule has 1 aromatic carbocycles. The van der Waals surface area contributed by atoms with Crippen LogP contribution in [0.25, 0.3) is 10.4 Å². The number of thiazole rings is 1. The Hall–Kier alpha value is -1.76. The van der Waals surface area contributed by atoms with Crippen LogP contribution in [-0.4, -0.2) is 46.4 Å². The SMILES string of the molecule is Cc1cc(Nc2ccc(-c3cnc(C4CCC(NC(=O)OC(C)C)CC4)s3)c(S(=O)(=O)C3CC3)c2)nn1PI. The highest BCUT2D eigenvalue weighted by molar-refractivity contribution is 14.2. The molecule has 5 rings (SSSR count). The molecular weight excluding hydrogens is 668 g/mol. The molecule has 0 radical (unpaired) electrons. The maximum absolute atomic E-state index is 13.5. The standard InChI is InChI=1S/C26H33IN5O4PS2/c1-15(2)36-26(33)30-18-6-4-17(5-7-18)25-28-14-22(38-25)21-11-8-19(13-23(21)39(34,35)20-9-10-20)29-24-12-16(3)32(31-24)37-27/h8,11-15,17-18,20,37H,4-7,9-10H2,1-3H3,(H,29,31)(H,30,33). The Bertz CT molecular complexity index is 1450. The van der Waals surface area contributed by atoms with Crippen LogP contribution in [0, 0.1) is 6.92 Å². The fourth-order valence-corrected chi connectivity index (χ4v) is 9.76. The monoisotopic (exact) mass is 701 g/mol. The second kappa shape index (κ2) is 12.0. The molecule has 2 fully saturated rings. The molecule has 1 atom stereocenters. The van der Waals surface area contributed by atoms with Gasteiger partial charge in [0, 0.05) is 41.2 Å². The molecule has 1 unspecified atom stereocenters. The minimum atomic E-state index is -3.45. The van der Waals surface area contributed by atoms with Gasteiger partial charge in [-0.3, -0.25) is 0 Å². The van der Waals surface area contributed by atoms with Gasteiger partial charge in [0.05, 0.1) is 32.5 Å². The molecule has 0 saturated heterocycles. The van der Waals surface area contributed by atoms with E-state index in [9.17, 15) is 13.2 Å². The Balaban J connectivity index is 1.34. The zero-order valence-corrected chi connectivity index (χ0v) is 26.9. The maximum atomic E-state index is 13.5. The summed E-state index contributed by atoms with van der Waals surface area (Å²) < 4.78 is 34.1. The van der Waals surface area contributed by atoms with Crippen LogP contribution in [0.4, 0.5) is 16.3 Å². The first-order chi connectivity index (χ1) is 18.6. The summed E-state index contributed by atoms with van der Waals surface area (Å²) in [5, 5.41) is 11.5. The van der Waals surface area contributed by atoms with E-state index < -0.39 is 9.84 Å². The molecule has 2 saturated carbocycles. The largest absolute Gasteiger partial charge is 0.447 e. The molecule has 3 aromatic rings. The molecule has 2 aliphatic carbocycles. The first-order valence-electron chi connectivity index (χ1n) is 13.2. The predicted octanol–water partition coefficient (Wildman–Crippen LogP) is 6.95. The molecule has 0 aliphatic heterocycles. The van der Waals surface area contributed by atoms with Crippen molar-refractivity contribution >= 4 is 67.2 Å². The van der Waals surface area contributed by atoms with Gasteiger partial charge in [0.2, 0.25) is 0 Å². The number of halogens is 1. The van der Waals surface area contributed by atoms with Crippen molar-refractivity contribution in [2.45, 2.75) is 87.5 Å². The van der Waals surface area contributed by atoms with Gasteiger partial charge in [0.25, 0.3) is 0 Å². The summed E-state index contributed by atoms with van der Waals surface area (Å²) in [6.07, 6.45) is 6.77. The highest BCUT2D eigenvalue weighted by Gasteiger charge is 2.39. The molecule has 1 amide bonds. The van der Waals surface area contributed by atoms with Crippen LogP contribution in [0.5, 0.6) is 0 Å². The number of nitrogens with one attached hydrogen (secondary N) is 2. The van der Waals surface area contributed by atoms with Gasteiger partial charge in [0.1, 0.15) is 0 Å². The number of benzene rings is 1. The summed E-state index contributed by atoms with van der Waals surface area (Å²) in [5.74, 6) is 0.992. The minimum absolute atomic E-state index is 0.106. The minimum Gasteiger partial charge on any atom is -0.447 e. The first-order valence-corrected chi connectivity index (χ1v) is 19.6. The molecule has 39 heavy (non-hydrogen) atoms. The third kappa shape index (κ3) is 6.77. The van der Waals surface area contributed by atoms with Crippen molar-refractivity contribution in [2.75, 3.05) is 5.32 Å². The molecular formula is C26H33IN5O4PS2. The molecule has 2 N–H and O–H groups in total. The summed E-state index contributed by atoms with van der Waals surface area (Å²) in [6.45, 7) is 5.68. The summed E-state index contributed by atoms with van der Waals surface area (Å²) >= 11 is 3.86. The van der Waals surface area contributed by atoms with Gasteiger partial charge in [-0.1, -0.05) is 6.07 Å². The number of rotatable bonds is 9. The van der Waals surface area contributed by atoms with Crippen LogP contribution in [0.2, 0.25) is 0 Å². The van der Waals surface area contributed by atoms with Gasteiger partial charge < -0.3 is 15.4 Å². The molecule has 2 aromatic heterocycles. The number of hydrogen-bond acceptors (Lipinski definition) is 8. The number of aromatic nitrogens is 3. The van der Waals surface area contributed by atoms with Crippen LogP contribution in [-0.2, 0) is 14.6 Å². The average Bonchev–Trinajstić information content (AvgIpc) is 3.55. The number of aryl methyl sites for hydroxylation is 1. The number of alkyl carbamates (subject to hydrolysis) is 1. The quantitative estimate of drug-likeness (QED) is 0.183. The van der Waals surface area contributed by atoms with Gasteiger partial charge >= 0.3 is 6.09 Å². The van der Waals surface area contributed by atoms with Crippen LogP contribution < -0.4 is 10.6 Å². The van der Waals surface area contributed by atoms with Crippen molar-refractivity contribution < 1.29 is 17.9 Å². The van der Waals surface area contributed by atoms with Crippen molar-refractivity contribution in [3.8, 4) is 10.4 Å². The van der Waals surface area contributed by atoms with Crippen molar-refractivity contribution in [3.05, 3.63) is 41.2 Å². The van der Waals surface area contributed by atoms with E-state index in [2.05, 4.69) is 37.8 Å². The lowest BCUT2D eigenvalue weighted by atomic mass is 9.86. The van der Waals surface area contributed by atoms with Crippen LogP contribution in [0.3, 0.4) is 0 Å². The molecule has 2 aliphatic rings. The van der Waals surface area contributed by atoms with E-state index in [-0.39, 0.29) is 23.5 Å². The Labute approximate surface area is 248 Å². The fraction of sp³-hybridized carbons (Fsp3) is 0.500. The fourth-order valence-electron chi connectivity index (χ4n) is 4.87. The molecule has 0 bridgehead atoms. The second-order valence-corrected chi connectivity index (χ2v) is 15.8. The number of carbonyl (C=O) groups is 1. The van der Waals surface area contributed by atoms with Crippen LogP contribution in [0.15, 0.2) is 35.4 Å². The maximum Gasteiger partial charge on any atom is 0.407 e. The Morgan fingerprint density at radius 1 is 1.18 bits per heavy atom. The van der Waals surface area contributed by atoms with Gasteiger partial charge in [-0.15, -0.1) is 11.3 Å². The lowest BCUT2D eigenvalue weighted by molar-refractivity contribution is 0.109. The smallest absolute Gasteiger partial charge is 0.407 e.